The molecule has 1 fully saturated rings. The Labute approximate surface area is 151 Å². The maximum absolute atomic E-state index is 11.6. The third-order valence-electron chi connectivity index (χ3n) is 4.38. The second-order valence-corrected chi connectivity index (χ2v) is 5.98. The summed E-state index contributed by atoms with van der Waals surface area (Å²) >= 11 is 0. The molecule has 0 saturated carbocycles. The molecule has 0 spiro atoms. The third kappa shape index (κ3) is 3.74. The van der Waals surface area contributed by atoms with Crippen LogP contribution in [-0.4, -0.2) is 49.2 Å². The van der Waals surface area contributed by atoms with Crippen molar-refractivity contribution in [1.82, 2.24) is 4.98 Å². The zero-order chi connectivity index (χ0) is 18.5. The van der Waals surface area contributed by atoms with E-state index in [9.17, 15) is 14.9 Å². The monoisotopic (exact) mass is 356 g/mol. The first-order valence-electron chi connectivity index (χ1n) is 8.38. The van der Waals surface area contributed by atoms with Gasteiger partial charge in [-0.3, -0.25) is 10.1 Å². The summed E-state index contributed by atoms with van der Waals surface area (Å²) in [7, 11) is 1.23. The molecule has 26 heavy (non-hydrogen) atoms. The normalized spacial score (nSPS) is 14.7. The number of nitro groups is 1. The van der Waals surface area contributed by atoms with Crippen LogP contribution in [-0.2, 0) is 4.74 Å². The average molecular weight is 356 g/mol. The second kappa shape index (κ2) is 7.81. The fourth-order valence-corrected chi connectivity index (χ4v) is 3.08. The Morgan fingerprint density at radius 3 is 2.54 bits per heavy atom. The summed E-state index contributed by atoms with van der Waals surface area (Å²) in [6.45, 7) is 2.88. The summed E-state index contributed by atoms with van der Waals surface area (Å²) < 4.78 is 4.62. The van der Waals surface area contributed by atoms with E-state index in [4.69, 9.17) is 0 Å². The largest absolute Gasteiger partial charge is 0.465 e. The van der Waals surface area contributed by atoms with Gasteiger partial charge in [-0.25, -0.2) is 9.78 Å². The number of rotatable bonds is 4. The van der Waals surface area contributed by atoms with Crippen LogP contribution in [0, 0.1) is 10.1 Å². The first kappa shape index (κ1) is 17.7. The number of methoxy groups -OCH3 is 1. The van der Waals surface area contributed by atoms with Gasteiger partial charge >= 0.3 is 11.7 Å². The molecular formula is C18H20N4O4. The predicted octanol–water partition coefficient (Wildman–Crippen LogP) is 2.49. The number of benzene rings is 1. The molecule has 0 atom stereocenters. The number of nitrogens with zero attached hydrogens (tertiary/aromatic N) is 4. The molecule has 8 heteroatoms. The van der Waals surface area contributed by atoms with Crippen LogP contribution >= 0.6 is 0 Å². The standard InChI is InChI=1S/C18H20N4O4/c1-26-18(23)14-12-16(22(24)25)17(19-13-14)21-9-5-8-20(10-11-21)15-6-3-2-4-7-15/h2-4,6-7,12-13H,5,8-11H2,1H3. The molecule has 0 radical (unpaired) electrons. The Morgan fingerprint density at radius 1 is 1.15 bits per heavy atom. The van der Waals surface area contributed by atoms with Gasteiger partial charge in [-0.15, -0.1) is 0 Å². The van der Waals surface area contributed by atoms with Gasteiger partial charge in [0.2, 0.25) is 5.82 Å². The highest BCUT2D eigenvalue weighted by Gasteiger charge is 2.25. The number of ether oxygens (including phenoxy) is 1. The van der Waals surface area contributed by atoms with E-state index in [1.807, 2.05) is 23.1 Å². The molecular weight excluding hydrogens is 336 g/mol. The van der Waals surface area contributed by atoms with Gasteiger partial charge < -0.3 is 14.5 Å². The van der Waals surface area contributed by atoms with Crippen LogP contribution in [0.4, 0.5) is 17.2 Å². The minimum absolute atomic E-state index is 0.0729. The number of pyridine rings is 1. The summed E-state index contributed by atoms with van der Waals surface area (Å²) in [5.41, 5.74) is 1.03. The molecule has 2 aromatic rings. The van der Waals surface area contributed by atoms with Crippen LogP contribution in [0.15, 0.2) is 42.6 Å². The molecule has 136 valence electrons. The van der Waals surface area contributed by atoms with E-state index in [0.29, 0.717) is 13.1 Å². The summed E-state index contributed by atoms with van der Waals surface area (Å²) in [5.74, 6) is -0.351. The zero-order valence-corrected chi connectivity index (χ0v) is 14.5. The van der Waals surface area contributed by atoms with Crippen molar-refractivity contribution in [3.05, 3.63) is 58.3 Å². The molecule has 0 unspecified atom stereocenters. The first-order chi connectivity index (χ1) is 12.6. The van der Waals surface area contributed by atoms with E-state index in [1.165, 1.54) is 19.4 Å². The number of esters is 1. The molecule has 1 aromatic heterocycles. The highest BCUT2D eigenvalue weighted by Crippen LogP contribution is 2.28. The van der Waals surface area contributed by atoms with Crippen molar-refractivity contribution in [2.24, 2.45) is 0 Å². The van der Waals surface area contributed by atoms with Crippen LogP contribution in [0.3, 0.4) is 0 Å². The van der Waals surface area contributed by atoms with Gasteiger partial charge in [0.15, 0.2) is 0 Å². The predicted molar refractivity (Wildman–Crippen MR) is 97.7 cm³/mol. The van der Waals surface area contributed by atoms with Gasteiger partial charge in [-0.05, 0) is 18.6 Å². The van der Waals surface area contributed by atoms with Gasteiger partial charge in [0.05, 0.1) is 17.6 Å². The highest BCUT2D eigenvalue weighted by molar-refractivity contribution is 5.90. The molecule has 3 rings (SSSR count). The van der Waals surface area contributed by atoms with E-state index >= 15 is 0 Å². The molecule has 1 aromatic carbocycles. The van der Waals surface area contributed by atoms with E-state index in [-0.39, 0.29) is 17.1 Å². The van der Waals surface area contributed by atoms with Crippen molar-refractivity contribution in [1.29, 1.82) is 0 Å². The van der Waals surface area contributed by atoms with Crippen LogP contribution in [0.2, 0.25) is 0 Å². The van der Waals surface area contributed by atoms with Crippen molar-refractivity contribution in [3.63, 3.8) is 0 Å². The lowest BCUT2D eigenvalue weighted by atomic mass is 10.2. The van der Waals surface area contributed by atoms with Gasteiger partial charge in [0.25, 0.3) is 0 Å². The van der Waals surface area contributed by atoms with E-state index in [0.717, 1.165) is 25.2 Å². The summed E-state index contributed by atoms with van der Waals surface area (Å²) in [6.07, 6.45) is 2.18. The molecule has 0 amide bonds. The Bertz CT molecular complexity index is 797. The molecule has 2 heterocycles. The Balaban J connectivity index is 1.82. The maximum Gasteiger partial charge on any atom is 0.339 e. The lowest BCUT2D eigenvalue weighted by Gasteiger charge is -2.24. The Hall–Kier alpha value is -3.16. The fourth-order valence-electron chi connectivity index (χ4n) is 3.08. The zero-order valence-electron chi connectivity index (χ0n) is 14.5. The van der Waals surface area contributed by atoms with Gasteiger partial charge in [0, 0.05) is 44.1 Å². The van der Waals surface area contributed by atoms with Crippen LogP contribution in [0.1, 0.15) is 16.8 Å². The molecule has 1 aliphatic heterocycles. The minimum atomic E-state index is -0.640. The SMILES string of the molecule is COC(=O)c1cnc(N2CCCN(c3ccccc3)CC2)c([N+](=O)[O-])c1. The van der Waals surface area contributed by atoms with Crippen molar-refractivity contribution in [2.45, 2.75) is 6.42 Å². The first-order valence-corrected chi connectivity index (χ1v) is 8.38. The number of carbonyl (C=O) groups is 1. The van der Waals surface area contributed by atoms with Gasteiger partial charge in [-0.2, -0.15) is 0 Å². The molecule has 0 aliphatic carbocycles. The Morgan fingerprint density at radius 2 is 1.85 bits per heavy atom. The molecule has 0 bridgehead atoms. The fraction of sp³-hybridized carbons (Fsp3) is 0.333. The molecule has 8 nitrogen and oxygen atoms in total. The molecule has 1 saturated heterocycles. The summed E-state index contributed by atoms with van der Waals surface area (Å²) in [5, 5.41) is 11.5. The maximum atomic E-state index is 11.6. The number of anilines is 2. The molecule has 0 N–H and O–H groups in total. The number of carbonyl (C=O) groups excluding carboxylic acids is 1. The lowest BCUT2D eigenvalue weighted by molar-refractivity contribution is -0.384. The van der Waals surface area contributed by atoms with Crippen LogP contribution < -0.4 is 9.80 Å². The Kier molecular flexibility index (Phi) is 5.31. The average Bonchev–Trinajstić information content (AvgIpc) is 2.93. The van der Waals surface area contributed by atoms with Crippen LogP contribution in [0.25, 0.3) is 0 Å². The number of hydrogen-bond acceptors (Lipinski definition) is 7. The van der Waals surface area contributed by atoms with E-state index in [1.54, 1.807) is 0 Å². The second-order valence-electron chi connectivity index (χ2n) is 5.98. The van der Waals surface area contributed by atoms with Gasteiger partial charge in [0.1, 0.15) is 0 Å². The van der Waals surface area contributed by atoms with E-state index in [2.05, 4.69) is 26.8 Å². The lowest BCUT2D eigenvalue weighted by Crippen LogP contribution is -2.31. The van der Waals surface area contributed by atoms with Crippen LogP contribution in [0.5, 0.6) is 0 Å². The molecule has 1 aliphatic rings. The highest BCUT2D eigenvalue weighted by atomic mass is 16.6. The smallest absolute Gasteiger partial charge is 0.339 e. The van der Waals surface area contributed by atoms with Crippen molar-refractivity contribution in [3.8, 4) is 0 Å². The summed E-state index contributed by atoms with van der Waals surface area (Å²) in [6, 6.07) is 11.3. The van der Waals surface area contributed by atoms with Gasteiger partial charge in [-0.1, -0.05) is 18.2 Å². The topological polar surface area (TPSA) is 88.8 Å². The third-order valence-corrected chi connectivity index (χ3v) is 4.38. The number of aromatic nitrogens is 1. The summed E-state index contributed by atoms with van der Waals surface area (Å²) in [4.78, 5) is 31.0. The number of para-hydroxylation sites is 1. The minimum Gasteiger partial charge on any atom is -0.465 e. The van der Waals surface area contributed by atoms with E-state index < -0.39 is 10.9 Å². The van der Waals surface area contributed by atoms with Crippen molar-refractivity contribution >= 4 is 23.2 Å². The quantitative estimate of drug-likeness (QED) is 0.472. The van der Waals surface area contributed by atoms with Crippen molar-refractivity contribution in [2.75, 3.05) is 43.1 Å². The number of hydrogen-bond donors (Lipinski definition) is 0. The van der Waals surface area contributed by atoms with Crippen molar-refractivity contribution < 1.29 is 14.5 Å².